The van der Waals surface area contributed by atoms with E-state index in [2.05, 4.69) is 15.0 Å². The van der Waals surface area contributed by atoms with Gasteiger partial charge in [-0.25, -0.2) is 9.78 Å². The number of nitrogens with one attached hydrogen (secondary N) is 1. The second-order valence-electron chi connectivity index (χ2n) is 4.04. The summed E-state index contributed by atoms with van der Waals surface area (Å²) in [5.74, 6) is 0.759. The van der Waals surface area contributed by atoms with Crippen LogP contribution in [0.25, 0.3) is 0 Å². The molecule has 17 heavy (non-hydrogen) atoms. The van der Waals surface area contributed by atoms with Crippen LogP contribution >= 0.6 is 0 Å². The quantitative estimate of drug-likeness (QED) is 0.785. The number of aromatic nitrogens is 1. The molecule has 2 heterocycles. The van der Waals surface area contributed by atoms with Crippen LogP contribution in [0.5, 0.6) is 5.75 Å². The number of hydrogen-bond acceptors (Lipinski definition) is 5. The van der Waals surface area contributed by atoms with Crippen LogP contribution in [0.2, 0.25) is 0 Å². The van der Waals surface area contributed by atoms with Gasteiger partial charge in [-0.3, -0.25) is 0 Å². The zero-order chi connectivity index (χ0) is 12.1. The number of ether oxygens (including phenoxy) is 2. The van der Waals surface area contributed by atoms with Crippen LogP contribution in [-0.4, -0.2) is 37.8 Å². The normalized spacial score (nSPS) is 19.0. The third-order valence-corrected chi connectivity index (χ3v) is 2.77. The standard InChI is InChI=1S/C12H16N2O3/c1-16-12(15)11-6-10(3-5-14-11)17-8-9-2-4-13-7-9/h3,5-6,9,13H,2,4,7-8H2,1H3. The average Bonchev–Trinajstić information content (AvgIpc) is 2.89. The van der Waals surface area contributed by atoms with Crippen molar-refractivity contribution < 1.29 is 14.3 Å². The number of hydrogen-bond donors (Lipinski definition) is 1. The Morgan fingerprint density at radius 3 is 3.24 bits per heavy atom. The Morgan fingerprint density at radius 2 is 2.53 bits per heavy atom. The molecular weight excluding hydrogens is 220 g/mol. The fourth-order valence-corrected chi connectivity index (χ4v) is 1.79. The first-order valence-electron chi connectivity index (χ1n) is 5.67. The predicted molar refractivity (Wildman–Crippen MR) is 62.0 cm³/mol. The maximum absolute atomic E-state index is 11.3. The first kappa shape index (κ1) is 11.9. The Morgan fingerprint density at radius 1 is 1.65 bits per heavy atom. The van der Waals surface area contributed by atoms with Gasteiger partial charge < -0.3 is 14.8 Å². The molecule has 0 amide bonds. The maximum atomic E-state index is 11.3. The van der Waals surface area contributed by atoms with Crippen LogP contribution < -0.4 is 10.1 Å². The minimum Gasteiger partial charge on any atom is -0.493 e. The van der Waals surface area contributed by atoms with Crippen molar-refractivity contribution in [1.82, 2.24) is 10.3 Å². The van der Waals surface area contributed by atoms with Gasteiger partial charge in [0.15, 0.2) is 5.69 Å². The number of esters is 1. The van der Waals surface area contributed by atoms with Gasteiger partial charge >= 0.3 is 5.97 Å². The van der Waals surface area contributed by atoms with Crippen LogP contribution in [0.15, 0.2) is 18.3 Å². The van der Waals surface area contributed by atoms with Crippen molar-refractivity contribution >= 4 is 5.97 Å². The highest BCUT2D eigenvalue weighted by Gasteiger charge is 2.15. The van der Waals surface area contributed by atoms with Gasteiger partial charge in [0.1, 0.15) is 5.75 Å². The van der Waals surface area contributed by atoms with E-state index in [1.54, 1.807) is 18.3 Å². The van der Waals surface area contributed by atoms with Crippen molar-refractivity contribution in [2.24, 2.45) is 5.92 Å². The van der Waals surface area contributed by atoms with Crippen molar-refractivity contribution in [3.63, 3.8) is 0 Å². The molecule has 1 aromatic heterocycles. The van der Waals surface area contributed by atoms with Crippen molar-refractivity contribution in [2.45, 2.75) is 6.42 Å². The van der Waals surface area contributed by atoms with E-state index < -0.39 is 5.97 Å². The molecule has 5 heteroatoms. The van der Waals surface area contributed by atoms with Crippen LogP contribution in [0.1, 0.15) is 16.9 Å². The Bertz CT molecular complexity index is 389. The smallest absolute Gasteiger partial charge is 0.356 e. The lowest BCUT2D eigenvalue weighted by molar-refractivity contribution is 0.0593. The Kier molecular flexibility index (Phi) is 3.93. The number of carbonyl (C=O) groups excluding carboxylic acids is 1. The Hall–Kier alpha value is -1.62. The highest BCUT2D eigenvalue weighted by Crippen LogP contribution is 2.15. The van der Waals surface area contributed by atoms with Gasteiger partial charge in [0, 0.05) is 24.7 Å². The first-order chi connectivity index (χ1) is 8.29. The maximum Gasteiger partial charge on any atom is 0.356 e. The van der Waals surface area contributed by atoms with Crippen LogP contribution in [-0.2, 0) is 4.74 Å². The molecule has 0 spiro atoms. The zero-order valence-corrected chi connectivity index (χ0v) is 9.81. The summed E-state index contributed by atoms with van der Waals surface area (Å²) >= 11 is 0. The molecule has 1 N–H and O–H groups in total. The first-order valence-corrected chi connectivity index (χ1v) is 5.67. The van der Waals surface area contributed by atoms with Crippen molar-refractivity contribution in [3.05, 3.63) is 24.0 Å². The highest BCUT2D eigenvalue weighted by atomic mass is 16.5. The van der Waals surface area contributed by atoms with Crippen LogP contribution in [0.4, 0.5) is 0 Å². The third kappa shape index (κ3) is 3.17. The van der Waals surface area contributed by atoms with Gasteiger partial charge in [0.25, 0.3) is 0 Å². The molecule has 0 aliphatic carbocycles. The summed E-state index contributed by atoms with van der Waals surface area (Å²) in [6, 6.07) is 3.35. The number of rotatable bonds is 4. The molecule has 1 atom stereocenters. The fraction of sp³-hybridized carbons (Fsp3) is 0.500. The molecule has 1 aromatic rings. The number of carbonyl (C=O) groups is 1. The molecule has 0 radical (unpaired) electrons. The lowest BCUT2D eigenvalue weighted by Crippen LogP contribution is -2.15. The fourth-order valence-electron chi connectivity index (χ4n) is 1.79. The van der Waals surface area contributed by atoms with E-state index in [0.717, 1.165) is 19.5 Å². The molecule has 0 aromatic carbocycles. The number of methoxy groups -OCH3 is 1. The summed E-state index contributed by atoms with van der Waals surface area (Å²) < 4.78 is 10.2. The van der Waals surface area contributed by atoms with E-state index in [0.29, 0.717) is 18.3 Å². The SMILES string of the molecule is COC(=O)c1cc(OCC2CCNC2)ccn1. The Balaban J connectivity index is 1.93. The summed E-state index contributed by atoms with van der Waals surface area (Å²) in [5.41, 5.74) is 0.273. The summed E-state index contributed by atoms with van der Waals surface area (Å²) in [5, 5.41) is 3.28. The Labute approximate surface area is 100 Å². The molecule has 2 rings (SSSR count). The van der Waals surface area contributed by atoms with Crippen molar-refractivity contribution in [3.8, 4) is 5.75 Å². The molecule has 1 aliphatic rings. The van der Waals surface area contributed by atoms with Crippen molar-refractivity contribution in [1.29, 1.82) is 0 Å². The highest BCUT2D eigenvalue weighted by molar-refractivity contribution is 5.87. The molecule has 0 saturated carbocycles. The zero-order valence-electron chi connectivity index (χ0n) is 9.81. The summed E-state index contributed by atoms with van der Waals surface area (Å²) in [6.07, 6.45) is 2.68. The molecule has 5 nitrogen and oxygen atoms in total. The van der Waals surface area contributed by atoms with E-state index in [9.17, 15) is 4.79 Å². The van der Waals surface area contributed by atoms with Gasteiger partial charge in [0.05, 0.1) is 13.7 Å². The summed E-state index contributed by atoms with van der Waals surface area (Å²) in [4.78, 5) is 15.2. The molecule has 1 unspecified atom stereocenters. The van der Waals surface area contributed by atoms with E-state index in [1.165, 1.54) is 7.11 Å². The van der Waals surface area contributed by atoms with Crippen LogP contribution in [0, 0.1) is 5.92 Å². The van der Waals surface area contributed by atoms with E-state index >= 15 is 0 Å². The van der Waals surface area contributed by atoms with Gasteiger partial charge in [-0.1, -0.05) is 0 Å². The number of pyridine rings is 1. The minimum absolute atomic E-state index is 0.273. The van der Waals surface area contributed by atoms with E-state index in [-0.39, 0.29) is 5.69 Å². The van der Waals surface area contributed by atoms with Gasteiger partial charge in [-0.2, -0.15) is 0 Å². The monoisotopic (exact) mass is 236 g/mol. The molecule has 1 fully saturated rings. The van der Waals surface area contributed by atoms with Crippen molar-refractivity contribution in [2.75, 3.05) is 26.8 Å². The van der Waals surface area contributed by atoms with Gasteiger partial charge in [-0.15, -0.1) is 0 Å². The molecule has 1 saturated heterocycles. The second kappa shape index (κ2) is 5.63. The van der Waals surface area contributed by atoms with Gasteiger partial charge in [-0.05, 0) is 19.0 Å². The summed E-state index contributed by atoms with van der Waals surface area (Å²) in [6.45, 7) is 2.71. The third-order valence-electron chi connectivity index (χ3n) is 2.77. The molecule has 0 bridgehead atoms. The molecule has 1 aliphatic heterocycles. The lowest BCUT2D eigenvalue weighted by Gasteiger charge is -2.11. The largest absolute Gasteiger partial charge is 0.493 e. The lowest BCUT2D eigenvalue weighted by atomic mass is 10.1. The molecule has 92 valence electrons. The molecular formula is C12H16N2O3. The van der Waals surface area contributed by atoms with Gasteiger partial charge in [0.2, 0.25) is 0 Å². The van der Waals surface area contributed by atoms with E-state index in [4.69, 9.17) is 4.74 Å². The summed E-state index contributed by atoms with van der Waals surface area (Å²) in [7, 11) is 1.34. The van der Waals surface area contributed by atoms with E-state index in [1.807, 2.05) is 0 Å². The minimum atomic E-state index is -0.446. The average molecular weight is 236 g/mol. The van der Waals surface area contributed by atoms with Crippen LogP contribution in [0.3, 0.4) is 0 Å². The second-order valence-corrected chi connectivity index (χ2v) is 4.04. The topological polar surface area (TPSA) is 60.5 Å². The predicted octanol–water partition coefficient (Wildman–Crippen LogP) is 0.856. The number of nitrogens with zero attached hydrogens (tertiary/aromatic N) is 1.